The number of fused-ring (bicyclic) bond motifs is 2. The lowest BCUT2D eigenvalue weighted by Crippen LogP contribution is -2.37. The first-order chi connectivity index (χ1) is 14.3. The first-order valence-electron chi connectivity index (χ1n) is 13.0. The van der Waals surface area contributed by atoms with Crippen molar-refractivity contribution in [2.75, 3.05) is 6.61 Å². The van der Waals surface area contributed by atoms with Crippen LogP contribution in [0.1, 0.15) is 101 Å². The Balaban J connectivity index is 1.29. The van der Waals surface area contributed by atoms with E-state index in [1.165, 1.54) is 89.9 Å². The third kappa shape index (κ3) is 5.46. The average molecular weight is 397 g/mol. The molecule has 0 saturated heterocycles. The van der Waals surface area contributed by atoms with Gasteiger partial charge in [0.05, 0.1) is 6.10 Å². The Morgan fingerprint density at radius 2 is 1.59 bits per heavy atom. The van der Waals surface area contributed by atoms with Crippen molar-refractivity contribution in [3.63, 3.8) is 0 Å². The zero-order valence-corrected chi connectivity index (χ0v) is 19.1. The van der Waals surface area contributed by atoms with Gasteiger partial charge in [0.1, 0.15) is 0 Å². The molecule has 1 aromatic rings. The second-order valence-electron chi connectivity index (χ2n) is 10.4. The molecule has 1 heteroatoms. The van der Waals surface area contributed by atoms with Gasteiger partial charge < -0.3 is 4.74 Å². The van der Waals surface area contributed by atoms with E-state index < -0.39 is 0 Å². The van der Waals surface area contributed by atoms with Gasteiger partial charge in [-0.1, -0.05) is 44.4 Å². The molecule has 0 radical (unpaired) electrons. The number of ether oxygens (including phenoxy) is 1. The van der Waals surface area contributed by atoms with Gasteiger partial charge in [0.25, 0.3) is 0 Å². The van der Waals surface area contributed by atoms with Crippen LogP contribution in [0.3, 0.4) is 0 Å². The first kappa shape index (κ1) is 21.4. The average Bonchev–Trinajstić information content (AvgIpc) is 2.76. The molecule has 1 aromatic carbocycles. The van der Waals surface area contributed by atoms with Gasteiger partial charge in [-0.25, -0.2) is 0 Å². The fourth-order valence-corrected chi connectivity index (χ4v) is 6.85. The summed E-state index contributed by atoms with van der Waals surface area (Å²) in [5.74, 6) is 3.89. The highest BCUT2D eigenvalue weighted by molar-refractivity contribution is 5.34. The zero-order valence-electron chi connectivity index (χ0n) is 19.1. The normalized spacial score (nSPS) is 31.9. The van der Waals surface area contributed by atoms with E-state index in [4.69, 9.17) is 4.74 Å². The van der Waals surface area contributed by atoms with Crippen LogP contribution in [0.5, 0.6) is 0 Å². The minimum Gasteiger partial charge on any atom is -0.378 e. The molecule has 2 fully saturated rings. The summed E-state index contributed by atoms with van der Waals surface area (Å²) >= 11 is 0. The molecule has 0 amide bonds. The number of hydrogen-bond acceptors (Lipinski definition) is 1. The molecule has 0 spiro atoms. The monoisotopic (exact) mass is 396 g/mol. The molecule has 0 aliphatic heterocycles. The predicted octanol–water partition coefficient (Wildman–Crippen LogP) is 7.54. The summed E-state index contributed by atoms with van der Waals surface area (Å²) in [7, 11) is 0. The molecule has 0 N–H and O–H groups in total. The smallest absolute Gasteiger partial charge is 0.0577 e. The van der Waals surface area contributed by atoms with Crippen LogP contribution < -0.4 is 0 Å². The Morgan fingerprint density at radius 3 is 2.41 bits per heavy atom. The standard InChI is InChI=1S/C28H44O/c1-3-5-6-7-8-21-9-10-23-18-24(12-11-22(23)17-21)25-13-14-27-20-28(29-4-2)16-15-26(27)19-25/h9-10,17,24-28H,3-8,11-16,18-20H2,1-2H3/t24?,25?,26-,27?,28-/m1/s1. The summed E-state index contributed by atoms with van der Waals surface area (Å²) in [5.41, 5.74) is 4.95. The minimum absolute atomic E-state index is 0.565. The lowest BCUT2D eigenvalue weighted by molar-refractivity contribution is -0.0192. The van der Waals surface area contributed by atoms with Crippen molar-refractivity contribution in [1.29, 1.82) is 0 Å². The molecular weight excluding hydrogens is 352 g/mol. The summed E-state index contributed by atoms with van der Waals surface area (Å²) in [5, 5.41) is 0. The molecule has 0 aromatic heterocycles. The SMILES string of the molecule is CCCCCCc1ccc2c(c1)CCC(C1CCC3C[C@H](OCC)CC[C@@H]3C1)C2. The van der Waals surface area contributed by atoms with Crippen molar-refractivity contribution in [2.24, 2.45) is 23.7 Å². The van der Waals surface area contributed by atoms with Gasteiger partial charge in [-0.3, -0.25) is 0 Å². The molecular formula is C28H44O. The number of aryl methyl sites for hydroxylation is 2. The number of hydrogen-bond donors (Lipinski definition) is 0. The van der Waals surface area contributed by atoms with Crippen molar-refractivity contribution in [3.8, 4) is 0 Å². The van der Waals surface area contributed by atoms with Crippen molar-refractivity contribution < 1.29 is 4.74 Å². The van der Waals surface area contributed by atoms with E-state index >= 15 is 0 Å². The molecule has 162 valence electrons. The van der Waals surface area contributed by atoms with Crippen LogP contribution in [0.2, 0.25) is 0 Å². The Bertz CT molecular complexity index is 635. The molecule has 4 rings (SSSR count). The highest BCUT2D eigenvalue weighted by Crippen LogP contribution is 2.47. The van der Waals surface area contributed by atoms with Gasteiger partial charge in [0.2, 0.25) is 0 Å². The molecule has 0 heterocycles. The number of unbranched alkanes of at least 4 members (excludes halogenated alkanes) is 3. The highest BCUT2D eigenvalue weighted by atomic mass is 16.5. The van der Waals surface area contributed by atoms with Crippen molar-refractivity contribution in [3.05, 3.63) is 34.9 Å². The summed E-state index contributed by atoms with van der Waals surface area (Å²) in [6.45, 7) is 5.35. The van der Waals surface area contributed by atoms with Crippen LogP contribution in [0.25, 0.3) is 0 Å². The van der Waals surface area contributed by atoms with Crippen LogP contribution >= 0.6 is 0 Å². The van der Waals surface area contributed by atoms with E-state index in [2.05, 4.69) is 32.0 Å². The summed E-state index contributed by atoms with van der Waals surface area (Å²) < 4.78 is 5.96. The van der Waals surface area contributed by atoms with Gasteiger partial charge in [0.15, 0.2) is 0 Å². The number of rotatable bonds is 8. The fourth-order valence-electron chi connectivity index (χ4n) is 6.85. The van der Waals surface area contributed by atoms with E-state index in [1.807, 2.05) is 0 Å². The summed E-state index contributed by atoms with van der Waals surface area (Å²) in [6.07, 6.45) is 20.0. The molecule has 0 bridgehead atoms. The molecule has 1 nitrogen and oxygen atoms in total. The van der Waals surface area contributed by atoms with Gasteiger partial charge in [-0.05, 0) is 118 Å². The molecule has 29 heavy (non-hydrogen) atoms. The molecule has 3 aliphatic rings. The summed E-state index contributed by atoms with van der Waals surface area (Å²) in [6, 6.07) is 7.50. The fraction of sp³-hybridized carbons (Fsp3) is 0.786. The first-order valence-corrected chi connectivity index (χ1v) is 13.0. The third-order valence-electron chi connectivity index (χ3n) is 8.53. The second kappa shape index (κ2) is 10.5. The maximum Gasteiger partial charge on any atom is 0.0577 e. The van der Waals surface area contributed by atoms with E-state index in [1.54, 1.807) is 16.7 Å². The topological polar surface area (TPSA) is 9.23 Å². The lowest BCUT2D eigenvalue weighted by Gasteiger charge is -2.44. The van der Waals surface area contributed by atoms with E-state index in [0.717, 1.165) is 30.3 Å². The van der Waals surface area contributed by atoms with Crippen LogP contribution in [-0.4, -0.2) is 12.7 Å². The Hall–Kier alpha value is -0.820. The Morgan fingerprint density at radius 1 is 0.793 bits per heavy atom. The number of benzene rings is 1. The molecule has 2 saturated carbocycles. The Kier molecular flexibility index (Phi) is 7.73. The predicted molar refractivity (Wildman–Crippen MR) is 123 cm³/mol. The largest absolute Gasteiger partial charge is 0.378 e. The highest BCUT2D eigenvalue weighted by Gasteiger charge is 2.38. The van der Waals surface area contributed by atoms with Crippen molar-refractivity contribution in [1.82, 2.24) is 0 Å². The quantitative estimate of drug-likeness (QED) is 0.412. The van der Waals surface area contributed by atoms with Gasteiger partial charge in [-0.15, -0.1) is 0 Å². The maximum absolute atomic E-state index is 5.96. The van der Waals surface area contributed by atoms with Crippen LogP contribution in [0, 0.1) is 23.7 Å². The third-order valence-corrected chi connectivity index (χ3v) is 8.53. The van der Waals surface area contributed by atoms with Gasteiger partial charge in [0, 0.05) is 6.61 Å². The second-order valence-corrected chi connectivity index (χ2v) is 10.4. The molecule has 5 atom stereocenters. The maximum atomic E-state index is 5.96. The van der Waals surface area contributed by atoms with Gasteiger partial charge in [-0.2, -0.15) is 0 Å². The lowest BCUT2D eigenvalue weighted by atomic mass is 9.62. The van der Waals surface area contributed by atoms with Crippen LogP contribution in [0.15, 0.2) is 18.2 Å². The Labute approximate surface area is 180 Å². The van der Waals surface area contributed by atoms with Crippen molar-refractivity contribution >= 4 is 0 Å². The molecule has 3 aliphatic carbocycles. The van der Waals surface area contributed by atoms with Crippen LogP contribution in [-0.2, 0) is 24.0 Å². The van der Waals surface area contributed by atoms with E-state index in [0.29, 0.717) is 6.10 Å². The molecule has 3 unspecified atom stereocenters. The van der Waals surface area contributed by atoms with E-state index in [-0.39, 0.29) is 0 Å². The van der Waals surface area contributed by atoms with Crippen LogP contribution in [0.4, 0.5) is 0 Å². The van der Waals surface area contributed by atoms with Crippen molar-refractivity contribution in [2.45, 2.75) is 110 Å². The van der Waals surface area contributed by atoms with Gasteiger partial charge >= 0.3 is 0 Å². The summed E-state index contributed by atoms with van der Waals surface area (Å²) in [4.78, 5) is 0. The zero-order chi connectivity index (χ0) is 20.1. The minimum atomic E-state index is 0.565. The van der Waals surface area contributed by atoms with E-state index in [9.17, 15) is 0 Å².